The van der Waals surface area contributed by atoms with Gasteiger partial charge in [0.2, 0.25) is 0 Å². The largest absolute Gasteiger partial charge is 0.497 e. The van der Waals surface area contributed by atoms with Gasteiger partial charge in [-0.05, 0) is 36.5 Å². The summed E-state index contributed by atoms with van der Waals surface area (Å²) in [5.74, 6) is 0.369. The molecule has 0 bridgehead atoms. The van der Waals surface area contributed by atoms with E-state index < -0.39 is 0 Å². The molecule has 0 amide bonds. The number of methoxy groups -OCH3 is 1. The van der Waals surface area contributed by atoms with E-state index in [1.807, 2.05) is 6.07 Å². The number of rotatable bonds is 1. The predicted octanol–water partition coefficient (Wildman–Crippen LogP) is 2.17. The van der Waals surface area contributed by atoms with Gasteiger partial charge in [-0.3, -0.25) is 0 Å². The van der Waals surface area contributed by atoms with Crippen LogP contribution in [0.3, 0.4) is 0 Å². The van der Waals surface area contributed by atoms with Gasteiger partial charge in [0.15, 0.2) is 0 Å². The van der Waals surface area contributed by atoms with Gasteiger partial charge in [-0.15, -0.1) is 0 Å². The fourth-order valence-corrected chi connectivity index (χ4v) is 2.00. The van der Waals surface area contributed by atoms with Gasteiger partial charge in [-0.25, -0.2) is 4.39 Å². The van der Waals surface area contributed by atoms with Crippen LogP contribution in [0.2, 0.25) is 0 Å². The molecular formula is C11H14FNO. The van der Waals surface area contributed by atoms with Gasteiger partial charge in [0.25, 0.3) is 0 Å². The smallest absolute Gasteiger partial charge is 0.130 e. The molecule has 1 aromatic carbocycles. The Morgan fingerprint density at radius 2 is 2.29 bits per heavy atom. The highest BCUT2D eigenvalue weighted by Gasteiger charge is 2.20. The van der Waals surface area contributed by atoms with E-state index in [0.717, 1.165) is 30.4 Å². The summed E-state index contributed by atoms with van der Waals surface area (Å²) in [6.45, 7) is 0. The van der Waals surface area contributed by atoms with Gasteiger partial charge >= 0.3 is 0 Å². The average Bonchev–Trinajstić information content (AvgIpc) is 2.19. The number of halogens is 1. The van der Waals surface area contributed by atoms with Crippen LogP contribution in [0.5, 0.6) is 5.75 Å². The van der Waals surface area contributed by atoms with Crippen molar-refractivity contribution >= 4 is 0 Å². The molecule has 0 unspecified atom stereocenters. The third-order valence-electron chi connectivity index (χ3n) is 2.78. The van der Waals surface area contributed by atoms with Crippen LogP contribution >= 0.6 is 0 Å². The molecule has 1 aliphatic carbocycles. The van der Waals surface area contributed by atoms with Crippen molar-refractivity contribution in [2.75, 3.05) is 7.11 Å². The Kier molecular flexibility index (Phi) is 2.42. The third-order valence-corrected chi connectivity index (χ3v) is 2.78. The summed E-state index contributed by atoms with van der Waals surface area (Å²) in [6.07, 6.45) is 2.69. The van der Waals surface area contributed by atoms with Gasteiger partial charge in [-0.1, -0.05) is 0 Å². The minimum absolute atomic E-state index is 0.0386. The van der Waals surface area contributed by atoms with Crippen LogP contribution in [0.15, 0.2) is 12.1 Å². The van der Waals surface area contributed by atoms with E-state index in [1.54, 1.807) is 0 Å². The number of ether oxygens (including phenoxy) is 1. The third kappa shape index (κ3) is 1.48. The lowest BCUT2D eigenvalue weighted by molar-refractivity contribution is 0.407. The number of hydrogen-bond acceptors (Lipinski definition) is 2. The molecule has 76 valence electrons. The van der Waals surface area contributed by atoms with Crippen molar-refractivity contribution in [1.82, 2.24) is 0 Å². The van der Waals surface area contributed by atoms with E-state index in [0.29, 0.717) is 5.75 Å². The molecule has 0 aromatic heterocycles. The van der Waals surface area contributed by atoms with Gasteiger partial charge in [0.05, 0.1) is 7.11 Å². The van der Waals surface area contributed by atoms with Crippen molar-refractivity contribution in [3.63, 3.8) is 0 Å². The second-order valence-electron chi connectivity index (χ2n) is 3.68. The van der Waals surface area contributed by atoms with Gasteiger partial charge < -0.3 is 10.5 Å². The van der Waals surface area contributed by atoms with E-state index in [-0.39, 0.29) is 11.9 Å². The second-order valence-corrected chi connectivity index (χ2v) is 3.68. The van der Waals surface area contributed by atoms with Crippen LogP contribution in [0.1, 0.15) is 30.0 Å². The first kappa shape index (κ1) is 9.46. The molecule has 0 saturated heterocycles. The Morgan fingerprint density at radius 1 is 1.50 bits per heavy atom. The molecule has 0 fully saturated rings. The first-order valence-electron chi connectivity index (χ1n) is 4.84. The molecule has 0 spiro atoms. The maximum Gasteiger partial charge on any atom is 0.130 e. The van der Waals surface area contributed by atoms with Crippen molar-refractivity contribution in [1.29, 1.82) is 0 Å². The monoisotopic (exact) mass is 195 g/mol. The minimum atomic E-state index is -0.186. The lowest BCUT2D eigenvalue weighted by atomic mass is 9.88. The van der Waals surface area contributed by atoms with Crippen molar-refractivity contribution in [2.45, 2.75) is 25.3 Å². The van der Waals surface area contributed by atoms with E-state index in [4.69, 9.17) is 10.5 Å². The van der Waals surface area contributed by atoms with Gasteiger partial charge in [0.1, 0.15) is 11.6 Å². The fraction of sp³-hybridized carbons (Fsp3) is 0.455. The zero-order chi connectivity index (χ0) is 10.1. The normalized spacial score (nSPS) is 20.4. The average molecular weight is 195 g/mol. The van der Waals surface area contributed by atoms with Crippen LogP contribution < -0.4 is 10.5 Å². The maximum absolute atomic E-state index is 13.6. The van der Waals surface area contributed by atoms with Crippen LogP contribution in [0.4, 0.5) is 4.39 Å². The van der Waals surface area contributed by atoms with Gasteiger partial charge in [0, 0.05) is 12.1 Å². The van der Waals surface area contributed by atoms with E-state index in [9.17, 15) is 4.39 Å². The first-order valence-corrected chi connectivity index (χ1v) is 4.84. The number of hydrogen-bond donors (Lipinski definition) is 1. The molecule has 0 saturated carbocycles. The maximum atomic E-state index is 13.6. The molecule has 0 heterocycles. The number of nitrogens with two attached hydrogens (primary N) is 1. The summed E-state index contributed by atoms with van der Waals surface area (Å²) in [4.78, 5) is 0. The summed E-state index contributed by atoms with van der Waals surface area (Å²) in [5, 5.41) is 0. The molecule has 2 nitrogen and oxygen atoms in total. The molecule has 3 heteroatoms. The first-order chi connectivity index (χ1) is 6.72. The summed E-state index contributed by atoms with van der Waals surface area (Å²) in [5.41, 5.74) is 7.59. The Bertz CT molecular complexity index is 351. The summed E-state index contributed by atoms with van der Waals surface area (Å²) in [7, 11) is 1.54. The Hall–Kier alpha value is -1.09. The van der Waals surface area contributed by atoms with E-state index in [2.05, 4.69) is 0 Å². The van der Waals surface area contributed by atoms with Gasteiger partial charge in [-0.2, -0.15) is 0 Å². The highest BCUT2D eigenvalue weighted by Crippen LogP contribution is 2.32. The molecule has 1 aliphatic rings. The lowest BCUT2D eigenvalue weighted by Gasteiger charge is -2.23. The standard InChI is InChI=1S/C11H14FNO/c1-14-7-5-9-8(10(12)6-7)3-2-4-11(9)13/h5-6,11H,2-4,13H2,1H3/t11-/m0/s1. The van der Waals surface area contributed by atoms with Crippen molar-refractivity contribution in [2.24, 2.45) is 5.73 Å². The molecule has 1 atom stereocenters. The molecule has 0 radical (unpaired) electrons. The van der Waals surface area contributed by atoms with Crippen molar-refractivity contribution in [3.8, 4) is 5.75 Å². The highest BCUT2D eigenvalue weighted by molar-refractivity contribution is 5.40. The molecule has 1 aromatic rings. The summed E-state index contributed by atoms with van der Waals surface area (Å²) >= 11 is 0. The van der Waals surface area contributed by atoms with Crippen LogP contribution in [0.25, 0.3) is 0 Å². The quantitative estimate of drug-likeness (QED) is 0.745. The van der Waals surface area contributed by atoms with Crippen LogP contribution in [-0.2, 0) is 6.42 Å². The SMILES string of the molecule is COc1cc(F)c2c(c1)[C@@H](N)CCC2. The van der Waals surface area contributed by atoms with Crippen LogP contribution in [-0.4, -0.2) is 7.11 Å². The van der Waals surface area contributed by atoms with Crippen molar-refractivity contribution in [3.05, 3.63) is 29.1 Å². The zero-order valence-electron chi connectivity index (χ0n) is 8.22. The summed E-state index contributed by atoms with van der Waals surface area (Å²) < 4.78 is 18.6. The molecule has 2 N–H and O–H groups in total. The molecule has 14 heavy (non-hydrogen) atoms. The molecule has 0 aliphatic heterocycles. The lowest BCUT2D eigenvalue weighted by Crippen LogP contribution is -2.18. The minimum Gasteiger partial charge on any atom is -0.497 e. The summed E-state index contributed by atoms with van der Waals surface area (Å²) in [6, 6.07) is 3.24. The molecule has 2 rings (SSSR count). The fourth-order valence-electron chi connectivity index (χ4n) is 2.00. The molecular weight excluding hydrogens is 181 g/mol. The zero-order valence-corrected chi connectivity index (χ0v) is 8.22. The topological polar surface area (TPSA) is 35.2 Å². The van der Waals surface area contributed by atoms with E-state index in [1.165, 1.54) is 13.2 Å². The Balaban J connectivity index is 2.51. The van der Waals surface area contributed by atoms with Crippen molar-refractivity contribution < 1.29 is 9.13 Å². The van der Waals surface area contributed by atoms with E-state index >= 15 is 0 Å². The van der Waals surface area contributed by atoms with Crippen LogP contribution in [0, 0.1) is 5.82 Å². The Morgan fingerprint density at radius 3 is 3.00 bits per heavy atom. The number of benzene rings is 1. The Labute approximate surface area is 82.9 Å². The predicted molar refractivity (Wildman–Crippen MR) is 52.8 cm³/mol. The second kappa shape index (κ2) is 3.58. The number of fused-ring (bicyclic) bond motifs is 1. The highest BCUT2D eigenvalue weighted by atomic mass is 19.1.